The number of carboxylic acids is 1. The Morgan fingerprint density at radius 3 is 2.29 bits per heavy atom. The number of anilines is 1. The number of aromatic nitrogens is 1. The number of amides is 2. The number of rotatable bonds is 2. The zero-order valence-electron chi connectivity index (χ0n) is 11.5. The highest BCUT2D eigenvalue weighted by molar-refractivity contribution is 7.15. The van der Waals surface area contributed by atoms with Crippen molar-refractivity contribution in [2.75, 3.05) is 18.4 Å². The smallest absolute Gasteiger partial charge is 0.427 e. The molecular formula is C11H9F6N3O3S. The number of alkyl halides is 6. The molecule has 0 radical (unpaired) electrons. The molecule has 2 amide bonds. The molecule has 1 aliphatic heterocycles. The maximum atomic E-state index is 12.8. The molecule has 1 saturated heterocycles. The predicted molar refractivity (Wildman–Crippen MR) is 68.4 cm³/mol. The largest absolute Gasteiger partial charge is 0.481 e. The van der Waals surface area contributed by atoms with Crippen LogP contribution in [0, 0.1) is 11.8 Å². The minimum absolute atomic E-state index is 0.107. The second kappa shape index (κ2) is 6.11. The number of carboxylic acid groups (broad SMARTS) is 1. The quantitative estimate of drug-likeness (QED) is 0.777. The minimum Gasteiger partial charge on any atom is -0.481 e. The highest BCUT2D eigenvalue weighted by Crippen LogP contribution is 2.38. The van der Waals surface area contributed by atoms with Crippen LogP contribution >= 0.6 is 11.3 Å². The molecule has 2 atom stereocenters. The Hall–Kier alpha value is -2.05. The number of carbonyl (C=O) groups excluding carboxylic acids is 1. The summed E-state index contributed by atoms with van der Waals surface area (Å²) in [7, 11) is 0. The Kier molecular flexibility index (Phi) is 4.65. The fraction of sp³-hybridized carbons (Fsp3) is 0.545. The van der Waals surface area contributed by atoms with Gasteiger partial charge in [-0.25, -0.2) is 9.78 Å². The van der Waals surface area contributed by atoms with Crippen LogP contribution in [0.4, 0.5) is 36.3 Å². The third-order valence-corrected chi connectivity index (χ3v) is 4.30. The molecule has 134 valence electrons. The highest BCUT2D eigenvalue weighted by atomic mass is 32.1. The second-order valence-electron chi connectivity index (χ2n) is 4.96. The van der Waals surface area contributed by atoms with Crippen LogP contribution in [0.1, 0.15) is 4.88 Å². The molecular weight excluding hydrogens is 368 g/mol. The number of urea groups is 1. The molecule has 2 heterocycles. The number of halogens is 6. The summed E-state index contributed by atoms with van der Waals surface area (Å²) in [5.41, 5.74) is 0. The first-order valence-electron chi connectivity index (χ1n) is 6.28. The van der Waals surface area contributed by atoms with Crippen molar-refractivity contribution < 1.29 is 41.0 Å². The first kappa shape index (κ1) is 18.3. The Bertz CT molecular complexity index is 644. The molecule has 0 aromatic carbocycles. The molecule has 6 nitrogen and oxygen atoms in total. The summed E-state index contributed by atoms with van der Waals surface area (Å²) in [5.74, 6) is -5.79. The molecule has 1 aromatic heterocycles. The van der Waals surface area contributed by atoms with Crippen LogP contribution in [0.25, 0.3) is 0 Å². The molecule has 2 N–H and O–H groups in total. The van der Waals surface area contributed by atoms with E-state index in [2.05, 4.69) is 4.98 Å². The summed E-state index contributed by atoms with van der Waals surface area (Å²) in [6.07, 6.45) is -9.00. The van der Waals surface area contributed by atoms with E-state index in [1.807, 2.05) is 5.32 Å². The minimum atomic E-state index is -4.82. The zero-order valence-corrected chi connectivity index (χ0v) is 12.3. The Morgan fingerprint density at radius 1 is 1.25 bits per heavy atom. The first-order chi connectivity index (χ1) is 10.9. The topological polar surface area (TPSA) is 82.5 Å². The molecule has 0 saturated carbocycles. The molecule has 1 aliphatic rings. The molecule has 0 unspecified atom stereocenters. The van der Waals surface area contributed by atoms with E-state index < -0.39 is 59.3 Å². The van der Waals surface area contributed by atoms with Crippen molar-refractivity contribution in [1.29, 1.82) is 0 Å². The van der Waals surface area contributed by atoms with Gasteiger partial charge in [0.1, 0.15) is 4.88 Å². The van der Waals surface area contributed by atoms with Crippen LogP contribution in [0.2, 0.25) is 0 Å². The summed E-state index contributed by atoms with van der Waals surface area (Å²) in [4.78, 5) is 25.6. The standard InChI is InChI=1S/C11H9F6N3O3S/c12-10(13,14)5-3-20(2-4(5)7(21)22)9(23)19-8-18-1-6(24-8)11(15,16)17/h1,4-5H,2-3H2,(H,21,22)(H,18,19,23)/t4-,5-/m1/s1. The van der Waals surface area contributed by atoms with E-state index >= 15 is 0 Å². The lowest BCUT2D eigenvalue weighted by molar-refractivity contribution is -0.187. The molecule has 0 aliphatic carbocycles. The summed E-state index contributed by atoms with van der Waals surface area (Å²) in [6, 6.07) is -1.14. The van der Waals surface area contributed by atoms with Gasteiger partial charge in [0.15, 0.2) is 5.13 Å². The number of likely N-dealkylation sites (tertiary alicyclic amines) is 1. The number of nitrogens with zero attached hydrogens (tertiary/aromatic N) is 2. The Labute approximate surface area is 134 Å². The monoisotopic (exact) mass is 377 g/mol. The lowest BCUT2D eigenvalue weighted by Gasteiger charge is -2.18. The summed E-state index contributed by atoms with van der Waals surface area (Å²) in [5, 5.41) is 10.3. The second-order valence-corrected chi connectivity index (χ2v) is 5.99. The maximum absolute atomic E-state index is 12.8. The number of nitrogens with one attached hydrogen (secondary N) is 1. The van der Waals surface area contributed by atoms with Crippen molar-refractivity contribution in [3.8, 4) is 0 Å². The van der Waals surface area contributed by atoms with E-state index in [1.165, 1.54) is 0 Å². The van der Waals surface area contributed by atoms with Crippen molar-refractivity contribution in [3.05, 3.63) is 11.1 Å². The fourth-order valence-corrected chi connectivity index (χ4v) is 2.86. The van der Waals surface area contributed by atoms with Gasteiger partial charge in [0, 0.05) is 13.1 Å². The number of carbonyl (C=O) groups is 2. The fourth-order valence-electron chi connectivity index (χ4n) is 2.19. The van der Waals surface area contributed by atoms with Gasteiger partial charge < -0.3 is 10.0 Å². The van der Waals surface area contributed by atoms with Gasteiger partial charge >= 0.3 is 24.4 Å². The van der Waals surface area contributed by atoms with Gasteiger partial charge in [0.25, 0.3) is 0 Å². The number of hydrogen-bond donors (Lipinski definition) is 2. The molecule has 13 heteroatoms. The van der Waals surface area contributed by atoms with Crippen LogP contribution in [0.3, 0.4) is 0 Å². The number of thiazole rings is 1. The zero-order chi connectivity index (χ0) is 18.3. The molecule has 1 aromatic rings. The third kappa shape index (κ3) is 3.88. The van der Waals surface area contributed by atoms with Gasteiger partial charge in [-0.2, -0.15) is 26.3 Å². The first-order valence-corrected chi connectivity index (χ1v) is 7.09. The predicted octanol–water partition coefficient (Wildman–Crippen LogP) is 2.89. The summed E-state index contributed by atoms with van der Waals surface area (Å²) >= 11 is 0.107. The number of aliphatic carboxylic acids is 1. The van der Waals surface area contributed by atoms with Gasteiger partial charge in [0.2, 0.25) is 0 Å². The van der Waals surface area contributed by atoms with Gasteiger partial charge in [0.05, 0.1) is 18.0 Å². The van der Waals surface area contributed by atoms with Gasteiger partial charge in [-0.15, -0.1) is 0 Å². The van der Waals surface area contributed by atoms with E-state index in [1.54, 1.807) is 0 Å². The SMILES string of the molecule is O=C(O)[C@@H]1CN(C(=O)Nc2ncc(C(F)(F)F)s2)C[C@H]1C(F)(F)F. The van der Waals surface area contributed by atoms with Gasteiger partial charge in [-0.1, -0.05) is 11.3 Å². The lowest BCUT2D eigenvalue weighted by Crippen LogP contribution is -2.35. The van der Waals surface area contributed by atoms with E-state index in [0.29, 0.717) is 11.1 Å². The maximum Gasteiger partial charge on any atom is 0.427 e. The van der Waals surface area contributed by atoms with Crippen molar-refractivity contribution >= 4 is 28.5 Å². The molecule has 2 rings (SSSR count). The summed E-state index contributed by atoms with van der Waals surface area (Å²) < 4.78 is 75.7. The Morgan fingerprint density at radius 2 is 1.88 bits per heavy atom. The molecule has 0 bridgehead atoms. The third-order valence-electron chi connectivity index (χ3n) is 3.34. The van der Waals surface area contributed by atoms with E-state index in [4.69, 9.17) is 5.11 Å². The van der Waals surface area contributed by atoms with Gasteiger partial charge in [-0.3, -0.25) is 10.1 Å². The number of hydrogen-bond acceptors (Lipinski definition) is 4. The van der Waals surface area contributed by atoms with Gasteiger partial charge in [-0.05, 0) is 0 Å². The van der Waals surface area contributed by atoms with Crippen molar-refractivity contribution in [1.82, 2.24) is 9.88 Å². The van der Waals surface area contributed by atoms with Crippen LogP contribution in [0.15, 0.2) is 6.20 Å². The molecule has 0 spiro atoms. The average Bonchev–Trinajstić information content (AvgIpc) is 3.02. The van der Waals surface area contributed by atoms with E-state index in [0.717, 1.165) is 0 Å². The van der Waals surface area contributed by atoms with E-state index in [-0.39, 0.29) is 11.3 Å². The van der Waals surface area contributed by atoms with Crippen LogP contribution in [-0.4, -0.2) is 46.3 Å². The van der Waals surface area contributed by atoms with Crippen LogP contribution in [0.5, 0.6) is 0 Å². The van der Waals surface area contributed by atoms with Crippen molar-refractivity contribution in [2.45, 2.75) is 12.4 Å². The van der Waals surface area contributed by atoms with Crippen molar-refractivity contribution in [2.24, 2.45) is 11.8 Å². The Balaban J connectivity index is 2.08. The highest BCUT2D eigenvalue weighted by Gasteiger charge is 2.53. The van der Waals surface area contributed by atoms with E-state index in [9.17, 15) is 35.9 Å². The van der Waals surface area contributed by atoms with Crippen LogP contribution < -0.4 is 5.32 Å². The lowest BCUT2D eigenvalue weighted by atomic mass is 9.96. The summed E-state index contributed by atoms with van der Waals surface area (Å²) in [6.45, 7) is -1.60. The van der Waals surface area contributed by atoms with Crippen molar-refractivity contribution in [3.63, 3.8) is 0 Å². The normalized spacial score (nSPS) is 21.8. The van der Waals surface area contributed by atoms with Crippen LogP contribution in [-0.2, 0) is 11.0 Å². The molecule has 24 heavy (non-hydrogen) atoms. The average molecular weight is 377 g/mol. The molecule has 1 fully saturated rings.